The molecule has 0 bridgehead atoms. The van der Waals surface area contributed by atoms with Gasteiger partial charge in [-0.2, -0.15) is 0 Å². The predicted molar refractivity (Wildman–Crippen MR) is 48.8 cm³/mol. The molecule has 0 spiro atoms. The normalized spacial score (nSPS) is 19.2. The molecule has 0 N–H and O–H groups in total. The fraction of sp³-hybridized carbons (Fsp3) is 0.556. The summed E-state index contributed by atoms with van der Waals surface area (Å²) in [6, 6.07) is 0. The zero-order chi connectivity index (χ0) is 8.77. The van der Waals surface area contributed by atoms with Crippen LogP contribution in [0.1, 0.15) is 40.6 Å². The Morgan fingerprint density at radius 2 is 2.33 bits per heavy atom. The van der Waals surface area contributed by atoms with Crippen molar-refractivity contribution in [3.63, 3.8) is 0 Å². The summed E-state index contributed by atoms with van der Waals surface area (Å²) in [6.45, 7) is 4.38. The first-order valence-electron chi connectivity index (χ1n) is 4.09. The van der Waals surface area contributed by atoms with E-state index < -0.39 is 0 Å². The standard InChI is InChI=1S/C9H11NOS/c1-9(2)4-3-6-8(9)10-7(5-11)12-6/h5H,3-4H2,1-2H3. The molecule has 2 rings (SSSR count). The van der Waals surface area contributed by atoms with E-state index in [9.17, 15) is 4.79 Å². The van der Waals surface area contributed by atoms with E-state index in [2.05, 4.69) is 18.8 Å². The molecular formula is C9H11NOS. The zero-order valence-electron chi connectivity index (χ0n) is 7.26. The summed E-state index contributed by atoms with van der Waals surface area (Å²) in [5.41, 5.74) is 1.34. The van der Waals surface area contributed by atoms with Crippen molar-refractivity contribution >= 4 is 17.6 Å². The molecule has 0 saturated carbocycles. The van der Waals surface area contributed by atoms with E-state index in [0.29, 0.717) is 5.01 Å². The van der Waals surface area contributed by atoms with Crippen molar-refractivity contribution in [2.24, 2.45) is 0 Å². The third-order valence-electron chi connectivity index (χ3n) is 2.43. The van der Waals surface area contributed by atoms with Crippen LogP contribution in [0.2, 0.25) is 0 Å². The van der Waals surface area contributed by atoms with Crippen molar-refractivity contribution in [3.05, 3.63) is 15.6 Å². The number of hydrogen-bond acceptors (Lipinski definition) is 3. The monoisotopic (exact) mass is 181 g/mol. The molecule has 1 heterocycles. The maximum atomic E-state index is 10.5. The van der Waals surface area contributed by atoms with E-state index in [-0.39, 0.29) is 5.41 Å². The van der Waals surface area contributed by atoms with Gasteiger partial charge in [0, 0.05) is 10.3 Å². The van der Waals surface area contributed by atoms with Crippen LogP contribution in [0.5, 0.6) is 0 Å². The Hall–Kier alpha value is -0.700. The van der Waals surface area contributed by atoms with Crippen LogP contribution in [0.25, 0.3) is 0 Å². The second-order valence-corrected chi connectivity index (χ2v) is 4.94. The summed E-state index contributed by atoms with van der Waals surface area (Å²) < 4.78 is 0. The van der Waals surface area contributed by atoms with Crippen LogP contribution in [-0.2, 0) is 11.8 Å². The average Bonchev–Trinajstić information content (AvgIpc) is 2.53. The van der Waals surface area contributed by atoms with Crippen molar-refractivity contribution in [1.82, 2.24) is 4.98 Å². The first-order chi connectivity index (χ1) is 5.63. The molecule has 0 atom stereocenters. The highest BCUT2D eigenvalue weighted by molar-refractivity contribution is 7.13. The minimum absolute atomic E-state index is 0.188. The van der Waals surface area contributed by atoms with E-state index in [0.717, 1.165) is 18.4 Å². The number of aromatic nitrogens is 1. The lowest BCUT2D eigenvalue weighted by Gasteiger charge is -2.14. The van der Waals surface area contributed by atoms with Crippen LogP contribution < -0.4 is 0 Å². The summed E-state index contributed by atoms with van der Waals surface area (Å²) in [7, 11) is 0. The zero-order valence-corrected chi connectivity index (χ0v) is 8.07. The van der Waals surface area contributed by atoms with Gasteiger partial charge in [0.1, 0.15) is 0 Å². The van der Waals surface area contributed by atoms with Gasteiger partial charge in [-0.05, 0) is 12.8 Å². The molecule has 1 aromatic rings. The molecule has 0 saturated heterocycles. The quantitative estimate of drug-likeness (QED) is 0.621. The van der Waals surface area contributed by atoms with Gasteiger partial charge in [-0.15, -0.1) is 11.3 Å². The number of aryl methyl sites for hydroxylation is 1. The maximum absolute atomic E-state index is 10.5. The molecule has 0 amide bonds. The number of nitrogens with zero attached hydrogens (tertiary/aromatic N) is 1. The van der Waals surface area contributed by atoms with Crippen LogP contribution in [0.3, 0.4) is 0 Å². The molecule has 0 aliphatic heterocycles. The number of carbonyl (C=O) groups excluding carboxylic acids is 1. The number of fused-ring (bicyclic) bond motifs is 1. The lowest BCUT2D eigenvalue weighted by atomic mass is 9.91. The van der Waals surface area contributed by atoms with Gasteiger partial charge in [0.05, 0.1) is 5.69 Å². The highest BCUT2D eigenvalue weighted by Gasteiger charge is 2.33. The molecule has 0 fully saturated rings. The number of rotatable bonds is 1. The number of thiazole rings is 1. The van der Waals surface area contributed by atoms with Gasteiger partial charge in [0.15, 0.2) is 11.3 Å². The van der Waals surface area contributed by atoms with Gasteiger partial charge in [-0.3, -0.25) is 4.79 Å². The Balaban J connectivity index is 2.51. The molecular weight excluding hydrogens is 170 g/mol. The van der Waals surface area contributed by atoms with E-state index in [1.165, 1.54) is 11.3 Å². The molecule has 0 radical (unpaired) electrons. The average molecular weight is 181 g/mol. The van der Waals surface area contributed by atoms with Crippen LogP contribution in [0, 0.1) is 0 Å². The molecule has 3 heteroatoms. The van der Waals surface area contributed by atoms with Gasteiger partial charge in [0.2, 0.25) is 0 Å². The molecule has 0 unspecified atom stereocenters. The van der Waals surface area contributed by atoms with Gasteiger partial charge in [0.25, 0.3) is 0 Å². The highest BCUT2D eigenvalue weighted by atomic mass is 32.1. The molecule has 1 aliphatic carbocycles. The van der Waals surface area contributed by atoms with E-state index in [4.69, 9.17) is 0 Å². The summed E-state index contributed by atoms with van der Waals surface area (Å²) >= 11 is 1.55. The fourth-order valence-electron chi connectivity index (χ4n) is 1.66. The van der Waals surface area contributed by atoms with Crippen molar-refractivity contribution < 1.29 is 4.79 Å². The van der Waals surface area contributed by atoms with Crippen LogP contribution >= 0.6 is 11.3 Å². The van der Waals surface area contributed by atoms with Gasteiger partial charge >= 0.3 is 0 Å². The Morgan fingerprint density at radius 1 is 1.58 bits per heavy atom. The van der Waals surface area contributed by atoms with Crippen molar-refractivity contribution in [1.29, 1.82) is 0 Å². The molecule has 12 heavy (non-hydrogen) atoms. The van der Waals surface area contributed by atoms with Crippen molar-refractivity contribution in [2.75, 3.05) is 0 Å². The number of hydrogen-bond donors (Lipinski definition) is 0. The molecule has 64 valence electrons. The van der Waals surface area contributed by atoms with Crippen LogP contribution in [-0.4, -0.2) is 11.3 Å². The molecule has 2 nitrogen and oxygen atoms in total. The van der Waals surface area contributed by atoms with Crippen molar-refractivity contribution in [3.8, 4) is 0 Å². The summed E-state index contributed by atoms with van der Waals surface area (Å²) in [5.74, 6) is 0. The van der Waals surface area contributed by atoms with Gasteiger partial charge < -0.3 is 0 Å². The first kappa shape index (κ1) is 7.92. The van der Waals surface area contributed by atoms with E-state index in [1.54, 1.807) is 11.3 Å². The maximum Gasteiger partial charge on any atom is 0.178 e. The Labute approximate surface area is 75.6 Å². The van der Waals surface area contributed by atoms with Crippen molar-refractivity contribution in [2.45, 2.75) is 32.1 Å². The summed E-state index contributed by atoms with van der Waals surface area (Å²) in [4.78, 5) is 16.1. The fourth-order valence-corrected chi connectivity index (χ4v) is 2.72. The van der Waals surface area contributed by atoms with Gasteiger partial charge in [-0.1, -0.05) is 13.8 Å². The Kier molecular flexibility index (Phi) is 1.58. The smallest absolute Gasteiger partial charge is 0.178 e. The second kappa shape index (κ2) is 2.39. The number of aldehydes is 1. The highest BCUT2D eigenvalue weighted by Crippen LogP contribution is 2.40. The minimum Gasteiger partial charge on any atom is -0.295 e. The largest absolute Gasteiger partial charge is 0.295 e. The number of carbonyl (C=O) groups is 1. The lowest BCUT2D eigenvalue weighted by molar-refractivity contribution is 0.112. The van der Waals surface area contributed by atoms with Crippen LogP contribution in [0.15, 0.2) is 0 Å². The predicted octanol–water partition coefficient (Wildman–Crippen LogP) is 2.18. The molecule has 1 aromatic heterocycles. The van der Waals surface area contributed by atoms with E-state index >= 15 is 0 Å². The summed E-state index contributed by atoms with van der Waals surface area (Å²) in [6.07, 6.45) is 3.10. The minimum atomic E-state index is 0.188. The SMILES string of the molecule is CC1(C)CCc2sc(C=O)nc21. The summed E-state index contributed by atoms with van der Waals surface area (Å²) in [5, 5.41) is 0.632. The Bertz CT molecular complexity index is 327. The topological polar surface area (TPSA) is 30.0 Å². The van der Waals surface area contributed by atoms with Crippen LogP contribution in [0.4, 0.5) is 0 Å². The Morgan fingerprint density at radius 3 is 2.92 bits per heavy atom. The first-order valence-corrected chi connectivity index (χ1v) is 4.90. The molecule has 0 aromatic carbocycles. The molecule has 1 aliphatic rings. The second-order valence-electron chi connectivity index (χ2n) is 3.83. The van der Waals surface area contributed by atoms with Gasteiger partial charge in [-0.25, -0.2) is 4.98 Å². The third kappa shape index (κ3) is 1.00. The van der Waals surface area contributed by atoms with E-state index in [1.807, 2.05) is 0 Å². The lowest BCUT2D eigenvalue weighted by Crippen LogP contribution is -2.12. The third-order valence-corrected chi connectivity index (χ3v) is 3.47.